The summed E-state index contributed by atoms with van der Waals surface area (Å²) < 4.78 is 0. The molecule has 0 aromatic heterocycles. The van der Waals surface area contributed by atoms with Gasteiger partial charge in [-0.1, -0.05) is 127 Å². The van der Waals surface area contributed by atoms with Crippen LogP contribution in [0.25, 0.3) is 16.7 Å². The van der Waals surface area contributed by atoms with E-state index in [0.29, 0.717) is 0 Å². The van der Waals surface area contributed by atoms with E-state index in [2.05, 4.69) is 42.5 Å². The number of rotatable bonds is 4. The monoisotopic (exact) mass is 464 g/mol. The Morgan fingerprint density at radius 1 is 0.528 bits per heavy atom. The van der Waals surface area contributed by atoms with Gasteiger partial charge in [-0.15, -0.1) is 0 Å². The van der Waals surface area contributed by atoms with E-state index in [9.17, 15) is 9.59 Å². The highest BCUT2D eigenvalue weighted by Crippen LogP contribution is 2.69. The predicted octanol–water partition coefficient (Wildman–Crippen LogP) is 6.65. The van der Waals surface area contributed by atoms with Gasteiger partial charge >= 0.3 is 0 Å². The first kappa shape index (κ1) is 21.0. The summed E-state index contributed by atoms with van der Waals surface area (Å²) in [6, 6.07) is 40.5. The number of Topliss-reactive ketones (excluding diaryl/α,β-unsaturated/α-hetero) is 2. The summed E-state index contributed by atoms with van der Waals surface area (Å²) in [4.78, 5) is 28.6. The third-order valence-corrected chi connectivity index (χ3v) is 8.27. The molecule has 0 N–H and O–H groups in total. The summed E-state index contributed by atoms with van der Waals surface area (Å²) in [6.45, 7) is 0. The van der Waals surface area contributed by atoms with Crippen molar-refractivity contribution in [2.45, 2.75) is 5.41 Å². The predicted molar refractivity (Wildman–Crippen MR) is 143 cm³/mol. The van der Waals surface area contributed by atoms with Crippen molar-refractivity contribution in [3.05, 3.63) is 150 Å². The standard InChI is InChI=1S/C34H24O2/c35-32-26(22-13-5-1-6-14-22)21-34(25-19-11-4-12-20-25)30-28(24-17-9-3-10-18-24)27(23-15-7-2-8-16-23)29(31(32)34)33(30)36/h1-21,29-31H/t29-,30+,31+,34-/m0/s1. The fourth-order valence-corrected chi connectivity index (χ4v) is 6.96. The maximum absolute atomic E-state index is 14.3. The molecule has 4 aromatic carbocycles. The molecular weight excluding hydrogens is 440 g/mol. The first-order chi connectivity index (χ1) is 17.7. The minimum absolute atomic E-state index is 0.0754. The van der Waals surface area contributed by atoms with Crippen molar-refractivity contribution in [2.24, 2.45) is 17.8 Å². The number of benzene rings is 4. The lowest BCUT2D eigenvalue weighted by molar-refractivity contribution is -0.123. The fourth-order valence-electron chi connectivity index (χ4n) is 6.96. The molecule has 1 saturated carbocycles. The van der Waals surface area contributed by atoms with Crippen molar-refractivity contribution in [3.8, 4) is 0 Å². The van der Waals surface area contributed by atoms with E-state index in [1.807, 2.05) is 84.9 Å². The molecule has 2 bridgehead atoms. The molecule has 0 unspecified atom stereocenters. The molecule has 2 nitrogen and oxygen atoms in total. The van der Waals surface area contributed by atoms with Crippen molar-refractivity contribution in [1.82, 2.24) is 0 Å². The maximum atomic E-state index is 14.3. The second kappa shape index (κ2) is 7.86. The molecule has 0 radical (unpaired) electrons. The van der Waals surface area contributed by atoms with Gasteiger partial charge < -0.3 is 0 Å². The van der Waals surface area contributed by atoms with Crippen LogP contribution in [0.1, 0.15) is 22.3 Å². The second-order valence-electron chi connectivity index (χ2n) is 9.94. The molecule has 0 saturated heterocycles. The molecule has 3 aliphatic rings. The van der Waals surface area contributed by atoms with Crippen LogP contribution in [-0.2, 0) is 15.0 Å². The maximum Gasteiger partial charge on any atom is 0.168 e. The molecule has 172 valence electrons. The number of hydrogen-bond donors (Lipinski definition) is 0. The average Bonchev–Trinajstić information content (AvgIpc) is 3.52. The SMILES string of the molecule is O=C1[C@H]2C(c3ccccc3)=C(c3ccccc3)[C@H]1[C@@]1(c3ccccc3)C=C(c3ccccc3)C(=O)[C@@H]21. The minimum Gasteiger partial charge on any atom is -0.298 e. The smallest absolute Gasteiger partial charge is 0.168 e. The quantitative estimate of drug-likeness (QED) is 0.339. The summed E-state index contributed by atoms with van der Waals surface area (Å²) in [7, 11) is 0. The summed E-state index contributed by atoms with van der Waals surface area (Å²) >= 11 is 0. The number of fused-ring (bicyclic) bond motifs is 5. The lowest BCUT2D eigenvalue weighted by Gasteiger charge is -2.39. The highest BCUT2D eigenvalue weighted by molar-refractivity contribution is 6.32. The number of hydrogen-bond acceptors (Lipinski definition) is 2. The van der Waals surface area contributed by atoms with Crippen LogP contribution < -0.4 is 0 Å². The molecule has 36 heavy (non-hydrogen) atoms. The number of carbonyl (C=O) groups is 2. The van der Waals surface area contributed by atoms with Crippen LogP contribution in [0.15, 0.2) is 127 Å². The van der Waals surface area contributed by atoms with E-state index >= 15 is 0 Å². The zero-order chi connectivity index (χ0) is 24.3. The third-order valence-electron chi connectivity index (χ3n) is 8.27. The average molecular weight is 465 g/mol. The van der Waals surface area contributed by atoms with Gasteiger partial charge in [0.25, 0.3) is 0 Å². The number of ketones is 2. The van der Waals surface area contributed by atoms with E-state index in [1.54, 1.807) is 0 Å². The van der Waals surface area contributed by atoms with Gasteiger partial charge in [-0.05, 0) is 33.4 Å². The lowest BCUT2D eigenvalue weighted by atomic mass is 9.61. The fraction of sp³-hybridized carbons (Fsp3) is 0.118. The van der Waals surface area contributed by atoms with Crippen molar-refractivity contribution in [1.29, 1.82) is 0 Å². The molecule has 0 heterocycles. The van der Waals surface area contributed by atoms with Crippen molar-refractivity contribution in [3.63, 3.8) is 0 Å². The van der Waals surface area contributed by atoms with E-state index in [4.69, 9.17) is 0 Å². The zero-order valence-electron chi connectivity index (χ0n) is 19.7. The highest BCUT2D eigenvalue weighted by Gasteiger charge is 2.70. The van der Waals surface area contributed by atoms with Gasteiger partial charge in [-0.2, -0.15) is 0 Å². The van der Waals surface area contributed by atoms with E-state index in [1.165, 1.54) is 0 Å². The van der Waals surface area contributed by atoms with E-state index in [0.717, 1.165) is 39.0 Å². The van der Waals surface area contributed by atoms with Gasteiger partial charge in [0.2, 0.25) is 0 Å². The van der Waals surface area contributed by atoms with Gasteiger partial charge in [-0.3, -0.25) is 9.59 Å². The Labute approximate surface area is 210 Å². The first-order valence-corrected chi connectivity index (χ1v) is 12.5. The summed E-state index contributed by atoms with van der Waals surface area (Å²) in [6.07, 6.45) is 2.14. The van der Waals surface area contributed by atoms with Gasteiger partial charge in [0, 0.05) is 11.0 Å². The summed E-state index contributed by atoms with van der Waals surface area (Å²) in [5.41, 5.74) is 6.15. The Balaban J connectivity index is 1.55. The summed E-state index contributed by atoms with van der Waals surface area (Å²) in [5.74, 6) is -1.10. The molecule has 0 amide bonds. The Morgan fingerprint density at radius 3 is 1.56 bits per heavy atom. The minimum atomic E-state index is -0.700. The van der Waals surface area contributed by atoms with Crippen LogP contribution in [0.3, 0.4) is 0 Å². The molecule has 4 atom stereocenters. The van der Waals surface area contributed by atoms with Gasteiger partial charge in [0.15, 0.2) is 5.78 Å². The molecule has 4 aromatic rings. The molecule has 0 aliphatic heterocycles. The van der Waals surface area contributed by atoms with Crippen LogP contribution >= 0.6 is 0 Å². The highest BCUT2D eigenvalue weighted by atomic mass is 16.1. The van der Waals surface area contributed by atoms with Crippen LogP contribution in [0.5, 0.6) is 0 Å². The van der Waals surface area contributed by atoms with E-state index < -0.39 is 23.2 Å². The second-order valence-corrected chi connectivity index (χ2v) is 9.94. The largest absolute Gasteiger partial charge is 0.298 e. The zero-order valence-corrected chi connectivity index (χ0v) is 19.7. The molecule has 3 aliphatic carbocycles. The van der Waals surface area contributed by atoms with Crippen LogP contribution in [0, 0.1) is 17.8 Å². The normalized spacial score (nSPS) is 26.3. The van der Waals surface area contributed by atoms with Crippen LogP contribution in [0.2, 0.25) is 0 Å². The van der Waals surface area contributed by atoms with Gasteiger partial charge in [0.05, 0.1) is 17.8 Å². The molecule has 1 fully saturated rings. The third kappa shape index (κ3) is 2.73. The molecule has 2 heteroatoms. The Morgan fingerprint density at radius 2 is 1.00 bits per heavy atom. The van der Waals surface area contributed by atoms with Crippen molar-refractivity contribution < 1.29 is 9.59 Å². The lowest BCUT2D eigenvalue weighted by Crippen LogP contribution is -2.40. The first-order valence-electron chi connectivity index (χ1n) is 12.5. The Bertz CT molecular complexity index is 1550. The molecule has 7 rings (SSSR count). The topological polar surface area (TPSA) is 34.1 Å². The number of carbonyl (C=O) groups excluding carboxylic acids is 2. The number of allylic oxidation sites excluding steroid dienone is 4. The Kier molecular flexibility index (Phi) is 4.59. The molecule has 0 spiro atoms. The van der Waals surface area contributed by atoms with Gasteiger partial charge in [-0.25, -0.2) is 0 Å². The van der Waals surface area contributed by atoms with Crippen molar-refractivity contribution in [2.75, 3.05) is 0 Å². The van der Waals surface area contributed by atoms with Crippen LogP contribution in [-0.4, -0.2) is 11.6 Å². The van der Waals surface area contributed by atoms with E-state index in [-0.39, 0.29) is 11.6 Å². The van der Waals surface area contributed by atoms with Gasteiger partial charge in [0.1, 0.15) is 5.78 Å². The summed E-state index contributed by atoms with van der Waals surface area (Å²) in [5, 5.41) is 0. The van der Waals surface area contributed by atoms with Crippen molar-refractivity contribution >= 4 is 28.3 Å². The molecular formula is C34H24O2. The Hall–Kier alpha value is -4.30. The van der Waals surface area contributed by atoms with Crippen LogP contribution in [0.4, 0.5) is 0 Å².